The number of nitrogens with one attached hydrogen (secondary N) is 2. The molecular weight excluding hydrogens is 308 g/mol. The second kappa shape index (κ2) is 5.58. The summed E-state index contributed by atoms with van der Waals surface area (Å²) in [6, 6.07) is 12.3. The Labute approximate surface area is 135 Å². The molecule has 4 aromatic rings. The van der Waals surface area contributed by atoms with Gasteiger partial charge in [0.15, 0.2) is 0 Å². The lowest BCUT2D eigenvalue weighted by Crippen LogP contribution is -2.30. The minimum atomic E-state index is -0.357. The molecule has 0 aliphatic heterocycles. The molecule has 8 heteroatoms. The highest BCUT2D eigenvalue weighted by atomic mass is 16.2. The highest BCUT2D eigenvalue weighted by Crippen LogP contribution is 2.16. The average Bonchev–Trinajstić information content (AvgIpc) is 3.05. The first-order chi connectivity index (χ1) is 11.7. The fourth-order valence-electron chi connectivity index (χ4n) is 2.48. The molecule has 2 heterocycles. The van der Waals surface area contributed by atoms with Crippen LogP contribution in [0.25, 0.3) is 21.8 Å². The third kappa shape index (κ3) is 2.50. The maximum Gasteiger partial charge on any atom is 0.278 e. The van der Waals surface area contributed by atoms with Crippen LogP contribution in [0.1, 0.15) is 0 Å². The average molecular weight is 320 g/mol. The van der Waals surface area contributed by atoms with Crippen LogP contribution in [-0.2, 0) is 11.3 Å². The number of aromatic amines is 1. The monoisotopic (exact) mass is 320 g/mol. The third-order valence-corrected chi connectivity index (χ3v) is 3.65. The normalized spacial score (nSPS) is 11.0. The first kappa shape index (κ1) is 14.1. The zero-order chi connectivity index (χ0) is 16.5. The van der Waals surface area contributed by atoms with Gasteiger partial charge in [0.25, 0.3) is 5.56 Å². The molecule has 0 aliphatic carbocycles. The van der Waals surface area contributed by atoms with Crippen LogP contribution in [0.5, 0.6) is 0 Å². The van der Waals surface area contributed by atoms with Gasteiger partial charge in [-0.3, -0.25) is 14.7 Å². The fraction of sp³-hybridized carbons (Fsp3) is 0.0625. The minimum Gasteiger partial charge on any atom is -0.324 e. The Balaban J connectivity index is 1.57. The quantitative estimate of drug-likeness (QED) is 0.592. The lowest BCUT2D eigenvalue weighted by Gasteiger charge is -2.07. The van der Waals surface area contributed by atoms with Crippen molar-refractivity contribution in [3.63, 3.8) is 0 Å². The molecule has 0 aliphatic rings. The standard InChI is InChI=1S/C16H12N6O2/c23-15(18-11-5-6-13-10(7-11)8-17-19-13)9-22-16(24)12-3-1-2-4-14(12)20-21-22/h1-8H,9H2,(H,17,19)(H,18,23). The summed E-state index contributed by atoms with van der Waals surface area (Å²) in [5, 5.41) is 18.6. The topological polar surface area (TPSA) is 106 Å². The summed E-state index contributed by atoms with van der Waals surface area (Å²) in [6.07, 6.45) is 1.67. The van der Waals surface area contributed by atoms with Gasteiger partial charge in [0.05, 0.1) is 17.1 Å². The van der Waals surface area contributed by atoms with Crippen LogP contribution in [-0.4, -0.2) is 31.1 Å². The van der Waals surface area contributed by atoms with Crippen molar-refractivity contribution in [3.05, 3.63) is 59.0 Å². The Bertz CT molecular complexity index is 1110. The van der Waals surface area contributed by atoms with Crippen LogP contribution >= 0.6 is 0 Å². The summed E-state index contributed by atoms with van der Waals surface area (Å²) in [5.41, 5.74) is 1.66. The molecule has 0 spiro atoms. The van der Waals surface area contributed by atoms with Crippen molar-refractivity contribution in [2.45, 2.75) is 6.54 Å². The molecule has 24 heavy (non-hydrogen) atoms. The molecule has 0 bridgehead atoms. The lowest BCUT2D eigenvalue weighted by molar-refractivity contribution is -0.117. The molecule has 118 valence electrons. The summed E-state index contributed by atoms with van der Waals surface area (Å²) in [5.74, 6) is -0.357. The van der Waals surface area contributed by atoms with Gasteiger partial charge in [0, 0.05) is 11.1 Å². The second-order valence-electron chi connectivity index (χ2n) is 5.29. The molecule has 0 fully saturated rings. The molecule has 4 rings (SSSR count). The van der Waals surface area contributed by atoms with Crippen LogP contribution < -0.4 is 10.9 Å². The van der Waals surface area contributed by atoms with Crippen LogP contribution in [0.4, 0.5) is 5.69 Å². The van der Waals surface area contributed by atoms with Crippen molar-refractivity contribution >= 4 is 33.4 Å². The van der Waals surface area contributed by atoms with Crippen molar-refractivity contribution in [1.29, 1.82) is 0 Å². The largest absolute Gasteiger partial charge is 0.324 e. The second-order valence-corrected chi connectivity index (χ2v) is 5.29. The number of anilines is 1. The molecule has 2 N–H and O–H groups in total. The molecule has 8 nitrogen and oxygen atoms in total. The zero-order valence-electron chi connectivity index (χ0n) is 12.4. The molecule has 0 radical (unpaired) electrons. The number of nitrogens with zero attached hydrogens (tertiary/aromatic N) is 4. The van der Waals surface area contributed by atoms with Gasteiger partial charge in [-0.1, -0.05) is 17.3 Å². The Morgan fingerprint density at radius 2 is 2.08 bits per heavy atom. The summed E-state index contributed by atoms with van der Waals surface area (Å²) in [4.78, 5) is 24.5. The van der Waals surface area contributed by atoms with Crippen LogP contribution in [0.2, 0.25) is 0 Å². The van der Waals surface area contributed by atoms with Crippen LogP contribution in [0.15, 0.2) is 53.5 Å². The van der Waals surface area contributed by atoms with Crippen molar-refractivity contribution in [2.75, 3.05) is 5.32 Å². The van der Waals surface area contributed by atoms with E-state index in [-0.39, 0.29) is 18.0 Å². The van der Waals surface area contributed by atoms with E-state index in [1.165, 1.54) is 0 Å². The van der Waals surface area contributed by atoms with E-state index >= 15 is 0 Å². The number of fused-ring (bicyclic) bond motifs is 2. The lowest BCUT2D eigenvalue weighted by atomic mass is 10.2. The molecule has 2 aromatic heterocycles. The molecule has 2 aromatic carbocycles. The number of carbonyl (C=O) groups excluding carboxylic acids is 1. The third-order valence-electron chi connectivity index (χ3n) is 3.65. The molecule has 0 saturated heterocycles. The maximum atomic E-state index is 12.3. The number of carbonyl (C=O) groups is 1. The van der Waals surface area contributed by atoms with E-state index in [0.717, 1.165) is 15.6 Å². The molecule has 0 saturated carbocycles. The SMILES string of the molecule is O=C(Cn1nnc2ccccc2c1=O)Nc1ccc2[nH]ncc2c1. The molecule has 1 amide bonds. The van der Waals surface area contributed by atoms with Gasteiger partial charge in [-0.25, -0.2) is 4.68 Å². The Kier molecular flexibility index (Phi) is 3.27. The van der Waals surface area contributed by atoms with E-state index < -0.39 is 0 Å². The van der Waals surface area contributed by atoms with Gasteiger partial charge in [-0.2, -0.15) is 5.10 Å². The van der Waals surface area contributed by atoms with E-state index in [0.29, 0.717) is 16.6 Å². The predicted octanol–water partition coefficient (Wildman–Crippen LogP) is 1.31. The molecule has 0 unspecified atom stereocenters. The Morgan fingerprint density at radius 3 is 3.00 bits per heavy atom. The van der Waals surface area contributed by atoms with Gasteiger partial charge in [-0.15, -0.1) is 5.10 Å². The van der Waals surface area contributed by atoms with Gasteiger partial charge < -0.3 is 5.32 Å². The van der Waals surface area contributed by atoms with Crippen molar-refractivity contribution < 1.29 is 4.79 Å². The van der Waals surface area contributed by atoms with E-state index in [2.05, 4.69) is 25.8 Å². The number of benzene rings is 2. The number of H-pyrrole nitrogens is 1. The van der Waals surface area contributed by atoms with Gasteiger partial charge >= 0.3 is 0 Å². The summed E-state index contributed by atoms with van der Waals surface area (Å²) < 4.78 is 1.05. The van der Waals surface area contributed by atoms with Gasteiger partial charge in [0.1, 0.15) is 12.1 Å². The first-order valence-corrected chi connectivity index (χ1v) is 7.26. The van der Waals surface area contributed by atoms with Crippen molar-refractivity contribution in [1.82, 2.24) is 25.2 Å². The van der Waals surface area contributed by atoms with E-state index in [4.69, 9.17) is 0 Å². The number of hydrogen-bond donors (Lipinski definition) is 2. The van der Waals surface area contributed by atoms with E-state index in [1.807, 2.05) is 6.07 Å². The smallest absolute Gasteiger partial charge is 0.278 e. The summed E-state index contributed by atoms with van der Waals surface area (Å²) in [7, 11) is 0. The van der Waals surface area contributed by atoms with Crippen molar-refractivity contribution in [2.24, 2.45) is 0 Å². The summed E-state index contributed by atoms with van der Waals surface area (Å²) in [6.45, 7) is -0.208. The zero-order valence-corrected chi connectivity index (χ0v) is 12.4. The molecular formula is C16H12N6O2. The van der Waals surface area contributed by atoms with E-state index in [9.17, 15) is 9.59 Å². The molecule has 0 atom stereocenters. The summed E-state index contributed by atoms with van der Waals surface area (Å²) >= 11 is 0. The maximum absolute atomic E-state index is 12.3. The van der Waals surface area contributed by atoms with E-state index in [1.54, 1.807) is 42.6 Å². The number of rotatable bonds is 3. The predicted molar refractivity (Wildman–Crippen MR) is 88.5 cm³/mol. The van der Waals surface area contributed by atoms with Crippen LogP contribution in [0.3, 0.4) is 0 Å². The Morgan fingerprint density at radius 1 is 1.21 bits per heavy atom. The van der Waals surface area contributed by atoms with Gasteiger partial charge in [0.2, 0.25) is 5.91 Å². The Hall–Kier alpha value is -3.55. The first-order valence-electron chi connectivity index (χ1n) is 7.26. The number of amides is 1. The highest BCUT2D eigenvalue weighted by Gasteiger charge is 2.10. The fourth-order valence-corrected chi connectivity index (χ4v) is 2.48. The van der Waals surface area contributed by atoms with Crippen LogP contribution in [0, 0.1) is 0 Å². The number of hydrogen-bond acceptors (Lipinski definition) is 5. The van der Waals surface area contributed by atoms with Gasteiger partial charge in [-0.05, 0) is 30.3 Å². The highest BCUT2D eigenvalue weighted by molar-refractivity contribution is 5.93. The van der Waals surface area contributed by atoms with Crippen molar-refractivity contribution in [3.8, 4) is 0 Å². The minimum absolute atomic E-state index is 0.208. The number of aromatic nitrogens is 5.